The van der Waals surface area contributed by atoms with Crippen molar-refractivity contribution in [3.8, 4) is 0 Å². The monoisotopic (exact) mass is 578 g/mol. The Morgan fingerprint density at radius 3 is 2.67 bits per heavy atom. The fraction of sp³-hybridized carbons (Fsp3) is 0.606. The summed E-state index contributed by atoms with van der Waals surface area (Å²) in [4.78, 5) is 33.1. The van der Waals surface area contributed by atoms with Crippen LogP contribution in [-0.2, 0) is 37.3 Å². The van der Waals surface area contributed by atoms with Gasteiger partial charge < -0.3 is 30.1 Å². The topological polar surface area (TPSA) is 113 Å². The Labute approximate surface area is 249 Å². The molecule has 5 rings (SSSR count). The number of rotatable bonds is 16. The highest BCUT2D eigenvalue weighted by Crippen LogP contribution is 2.35. The maximum Gasteiger partial charge on any atom is 0.326 e. The molecule has 1 saturated heterocycles. The van der Waals surface area contributed by atoms with Crippen LogP contribution < -0.4 is 10.6 Å². The molecule has 2 aromatic rings. The number of aliphatic carboxylic acids is 1. The molecule has 0 bridgehead atoms. The number of carboxylic acids is 1. The highest BCUT2D eigenvalue weighted by Gasteiger charge is 2.43. The number of carbonyl (C=O) groups is 2. The number of fused-ring (bicyclic) bond motifs is 1. The number of hydrogen-bond donors (Lipinski definition) is 3. The van der Waals surface area contributed by atoms with E-state index < -0.39 is 17.4 Å². The quantitative estimate of drug-likeness (QED) is 0.257. The Morgan fingerprint density at radius 1 is 1.10 bits per heavy atom. The average molecular weight is 579 g/mol. The number of unbranched alkanes of at least 4 members (excludes halogenated alkanes) is 1. The van der Waals surface area contributed by atoms with E-state index in [-0.39, 0.29) is 5.91 Å². The Hall–Kier alpha value is -3.01. The van der Waals surface area contributed by atoms with Gasteiger partial charge in [-0.1, -0.05) is 36.4 Å². The van der Waals surface area contributed by atoms with E-state index in [1.807, 2.05) is 30.3 Å². The first kappa shape index (κ1) is 30.4. The van der Waals surface area contributed by atoms with Crippen LogP contribution in [0.25, 0.3) is 0 Å². The van der Waals surface area contributed by atoms with E-state index in [0.29, 0.717) is 51.7 Å². The van der Waals surface area contributed by atoms with Crippen LogP contribution in [0.3, 0.4) is 0 Å². The smallest absolute Gasteiger partial charge is 0.326 e. The molecule has 0 spiro atoms. The molecule has 0 radical (unpaired) electrons. The second-order valence-electron chi connectivity index (χ2n) is 11.9. The van der Waals surface area contributed by atoms with Crippen molar-refractivity contribution < 1.29 is 24.2 Å². The minimum Gasteiger partial charge on any atom is -0.480 e. The minimum absolute atomic E-state index is 0.222. The predicted octanol–water partition coefficient (Wildman–Crippen LogP) is 3.95. The van der Waals surface area contributed by atoms with Crippen LogP contribution in [0.5, 0.6) is 0 Å². The first-order valence-corrected chi connectivity index (χ1v) is 15.8. The van der Waals surface area contributed by atoms with E-state index in [2.05, 4.69) is 27.7 Å². The van der Waals surface area contributed by atoms with Crippen LogP contribution in [0.1, 0.15) is 68.2 Å². The zero-order valence-corrected chi connectivity index (χ0v) is 24.7. The highest BCUT2D eigenvalue weighted by atomic mass is 16.5. The van der Waals surface area contributed by atoms with Gasteiger partial charge in [0, 0.05) is 38.5 Å². The second kappa shape index (κ2) is 14.9. The average Bonchev–Trinajstić information content (AvgIpc) is 3.86. The summed E-state index contributed by atoms with van der Waals surface area (Å²) in [5, 5.41) is 16.4. The maximum atomic E-state index is 13.7. The number of benzene rings is 1. The number of pyridine rings is 1. The van der Waals surface area contributed by atoms with Gasteiger partial charge in [-0.15, -0.1) is 0 Å². The first-order chi connectivity index (χ1) is 20.5. The summed E-state index contributed by atoms with van der Waals surface area (Å²) in [7, 11) is 0. The Balaban J connectivity index is 1.15. The molecule has 0 unspecified atom stereocenters. The SMILES string of the molecule is O=C(O)[C@H](CCN(CCCCc1ccc2c(n1)NCCC2)CCOC1CC1)NC(=O)C1(c2ccccc2)CCOCC1. The molecule has 2 fully saturated rings. The van der Waals surface area contributed by atoms with Gasteiger partial charge in [0.15, 0.2) is 0 Å². The summed E-state index contributed by atoms with van der Waals surface area (Å²) in [5.74, 6) is -0.186. The summed E-state index contributed by atoms with van der Waals surface area (Å²) < 4.78 is 11.5. The van der Waals surface area contributed by atoms with E-state index in [0.717, 1.165) is 81.7 Å². The molecule has 3 aliphatic rings. The molecular weight excluding hydrogens is 532 g/mol. The lowest BCUT2D eigenvalue weighted by Gasteiger charge is -2.37. The van der Waals surface area contributed by atoms with Crippen molar-refractivity contribution in [1.82, 2.24) is 15.2 Å². The fourth-order valence-corrected chi connectivity index (χ4v) is 6.06. The number of carbonyl (C=O) groups excluding carboxylic acids is 1. The van der Waals surface area contributed by atoms with Crippen molar-refractivity contribution >= 4 is 17.7 Å². The number of aryl methyl sites for hydroxylation is 2. The number of amides is 1. The molecule has 1 amide bonds. The second-order valence-corrected chi connectivity index (χ2v) is 11.9. The van der Waals surface area contributed by atoms with Gasteiger partial charge in [0.05, 0.1) is 18.1 Å². The lowest BCUT2D eigenvalue weighted by atomic mass is 9.73. The molecule has 1 aromatic carbocycles. The number of carboxylic acid groups (broad SMARTS) is 1. The molecule has 1 aliphatic carbocycles. The Bertz CT molecular complexity index is 1170. The van der Waals surface area contributed by atoms with Crippen molar-refractivity contribution in [3.63, 3.8) is 0 Å². The maximum absolute atomic E-state index is 13.7. The standard InChI is InChI=1S/C33H46N4O5/c38-31(39)29(36-32(40)33(16-22-41-23-17-33)26-8-2-1-3-9-26)15-20-37(21-24-42-28-13-14-28)19-5-4-10-27-12-11-25-7-6-18-34-30(25)35-27/h1-3,8-9,11-12,28-29H,4-7,10,13-24H2,(H,34,35)(H,36,40)(H,38,39)/t29-/m0/s1. The largest absolute Gasteiger partial charge is 0.480 e. The van der Waals surface area contributed by atoms with E-state index >= 15 is 0 Å². The van der Waals surface area contributed by atoms with Crippen molar-refractivity contribution in [2.45, 2.75) is 81.8 Å². The molecule has 1 atom stereocenters. The Morgan fingerprint density at radius 2 is 1.90 bits per heavy atom. The summed E-state index contributed by atoms with van der Waals surface area (Å²) in [6, 6.07) is 13.1. The molecule has 9 heteroatoms. The van der Waals surface area contributed by atoms with Crippen LogP contribution >= 0.6 is 0 Å². The van der Waals surface area contributed by atoms with Gasteiger partial charge in [-0.3, -0.25) is 4.79 Å². The number of nitrogens with zero attached hydrogens (tertiary/aromatic N) is 2. The minimum atomic E-state index is -1.00. The van der Waals surface area contributed by atoms with Crippen LogP contribution in [0, 0.1) is 0 Å². The Kier molecular flexibility index (Phi) is 10.8. The molecule has 9 nitrogen and oxygen atoms in total. The van der Waals surface area contributed by atoms with E-state index in [9.17, 15) is 14.7 Å². The molecular formula is C33H46N4O5. The van der Waals surface area contributed by atoms with Crippen LogP contribution in [0.4, 0.5) is 5.82 Å². The van der Waals surface area contributed by atoms with Gasteiger partial charge in [0.25, 0.3) is 0 Å². The van der Waals surface area contributed by atoms with Crippen LogP contribution in [-0.4, -0.2) is 85.0 Å². The highest BCUT2D eigenvalue weighted by molar-refractivity contribution is 5.91. The third-order valence-electron chi connectivity index (χ3n) is 8.84. The van der Waals surface area contributed by atoms with E-state index in [1.165, 1.54) is 5.56 Å². The van der Waals surface area contributed by atoms with Gasteiger partial charge in [-0.05, 0) is 87.9 Å². The van der Waals surface area contributed by atoms with Crippen LogP contribution in [0.2, 0.25) is 0 Å². The van der Waals surface area contributed by atoms with Crippen LogP contribution in [0.15, 0.2) is 42.5 Å². The molecule has 2 aliphatic heterocycles. The van der Waals surface area contributed by atoms with Gasteiger partial charge in [0.1, 0.15) is 11.9 Å². The van der Waals surface area contributed by atoms with Crippen molar-refractivity contribution in [2.75, 3.05) is 51.3 Å². The van der Waals surface area contributed by atoms with Crippen molar-refractivity contribution in [3.05, 3.63) is 59.3 Å². The van der Waals surface area contributed by atoms with Gasteiger partial charge in [0.2, 0.25) is 5.91 Å². The normalized spacial score (nSPS) is 18.6. The summed E-state index contributed by atoms with van der Waals surface area (Å²) in [6.45, 7) is 4.77. The third kappa shape index (κ3) is 8.30. The summed E-state index contributed by atoms with van der Waals surface area (Å²) in [5.41, 5.74) is 2.56. The fourth-order valence-electron chi connectivity index (χ4n) is 6.06. The molecule has 228 valence electrons. The molecule has 3 heterocycles. The zero-order chi connectivity index (χ0) is 29.2. The number of hydrogen-bond acceptors (Lipinski definition) is 7. The first-order valence-electron chi connectivity index (χ1n) is 15.8. The molecule has 42 heavy (non-hydrogen) atoms. The number of ether oxygens (including phenoxy) is 2. The van der Waals surface area contributed by atoms with Crippen molar-refractivity contribution in [2.24, 2.45) is 0 Å². The number of anilines is 1. The van der Waals surface area contributed by atoms with Gasteiger partial charge in [-0.2, -0.15) is 0 Å². The summed E-state index contributed by atoms with van der Waals surface area (Å²) >= 11 is 0. The zero-order valence-electron chi connectivity index (χ0n) is 24.7. The lowest BCUT2D eigenvalue weighted by molar-refractivity contribution is -0.144. The van der Waals surface area contributed by atoms with E-state index in [1.54, 1.807) is 0 Å². The summed E-state index contributed by atoms with van der Waals surface area (Å²) in [6.07, 6.45) is 9.21. The molecule has 1 saturated carbocycles. The van der Waals surface area contributed by atoms with E-state index in [4.69, 9.17) is 14.5 Å². The number of aromatic nitrogens is 1. The van der Waals surface area contributed by atoms with Gasteiger partial charge >= 0.3 is 5.97 Å². The predicted molar refractivity (Wildman–Crippen MR) is 162 cm³/mol. The van der Waals surface area contributed by atoms with Crippen molar-refractivity contribution in [1.29, 1.82) is 0 Å². The molecule has 3 N–H and O–H groups in total. The number of nitrogens with one attached hydrogen (secondary N) is 2. The molecule has 1 aromatic heterocycles. The van der Waals surface area contributed by atoms with Gasteiger partial charge in [-0.25, -0.2) is 9.78 Å². The lowest BCUT2D eigenvalue weighted by Crippen LogP contribution is -2.53. The third-order valence-corrected chi connectivity index (χ3v) is 8.84.